The molecule has 32 heavy (non-hydrogen) atoms. The second-order valence-electron chi connectivity index (χ2n) is 7.80. The van der Waals surface area contributed by atoms with E-state index in [2.05, 4.69) is 5.32 Å². The van der Waals surface area contributed by atoms with Crippen molar-refractivity contribution in [3.63, 3.8) is 0 Å². The van der Waals surface area contributed by atoms with Gasteiger partial charge in [-0.15, -0.1) is 0 Å². The number of benzene rings is 3. The Labute approximate surface area is 187 Å². The highest BCUT2D eigenvalue weighted by Gasteiger charge is 2.25. The van der Waals surface area contributed by atoms with Crippen molar-refractivity contribution in [2.75, 3.05) is 30.0 Å². The average molecular weight is 431 g/mol. The van der Waals surface area contributed by atoms with Gasteiger partial charge in [0.15, 0.2) is 6.61 Å². The highest BCUT2D eigenvalue weighted by atomic mass is 16.5. The first-order chi connectivity index (χ1) is 15.5. The predicted octanol–water partition coefficient (Wildman–Crippen LogP) is 4.75. The van der Waals surface area contributed by atoms with Crippen molar-refractivity contribution in [2.24, 2.45) is 0 Å². The molecule has 6 nitrogen and oxygen atoms in total. The van der Waals surface area contributed by atoms with Gasteiger partial charge in [0, 0.05) is 17.8 Å². The number of fused-ring (bicyclic) bond motifs is 1. The number of hydrogen-bond acceptors (Lipinski definition) is 4. The first kappa shape index (κ1) is 21.4. The third kappa shape index (κ3) is 4.91. The standard InChI is InChI=1S/C26H26N2O4/c1-18-8-11-21(12-9-18)31-15-5-14-28-23-16-20(10-13-24(23)32-17-25(28)29)27-26(30)22-7-4-3-6-19(22)2/h3-4,6-13,16H,5,14-15,17H2,1-2H3,(H,27,30). The van der Waals surface area contributed by atoms with E-state index in [1.165, 1.54) is 5.56 Å². The summed E-state index contributed by atoms with van der Waals surface area (Å²) in [6.07, 6.45) is 0.666. The SMILES string of the molecule is Cc1ccc(OCCCN2C(=O)COc3ccc(NC(=O)c4ccccc4C)cc32)cc1. The van der Waals surface area contributed by atoms with Crippen LogP contribution in [0.25, 0.3) is 0 Å². The van der Waals surface area contributed by atoms with Gasteiger partial charge in [-0.25, -0.2) is 0 Å². The monoisotopic (exact) mass is 430 g/mol. The minimum absolute atomic E-state index is 0.000729. The van der Waals surface area contributed by atoms with Crippen molar-refractivity contribution in [3.8, 4) is 11.5 Å². The van der Waals surface area contributed by atoms with E-state index in [0.717, 1.165) is 11.3 Å². The molecule has 164 valence electrons. The van der Waals surface area contributed by atoms with Gasteiger partial charge in [-0.05, 0) is 62.2 Å². The first-order valence-electron chi connectivity index (χ1n) is 10.6. The van der Waals surface area contributed by atoms with Crippen LogP contribution in [0.15, 0.2) is 66.7 Å². The molecule has 3 aromatic carbocycles. The summed E-state index contributed by atoms with van der Waals surface area (Å²) in [6, 6.07) is 20.6. The van der Waals surface area contributed by atoms with Gasteiger partial charge in [0.1, 0.15) is 11.5 Å². The van der Waals surface area contributed by atoms with E-state index in [0.29, 0.717) is 42.3 Å². The summed E-state index contributed by atoms with van der Waals surface area (Å²) in [5.41, 5.74) is 3.95. The highest BCUT2D eigenvalue weighted by Crippen LogP contribution is 2.35. The zero-order valence-electron chi connectivity index (χ0n) is 18.3. The van der Waals surface area contributed by atoms with Gasteiger partial charge in [-0.1, -0.05) is 35.9 Å². The van der Waals surface area contributed by atoms with Gasteiger partial charge in [0.25, 0.3) is 11.8 Å². The van der Waals surface area contributed by atoms with Crippen LogP contribution in [0.3, 0.4) is 0 Å². The lowest BCUT2D eigenvalue weighted by molar-refractivity contribution is -0.121. The van der Waals surface area contributed by atoms with E-state index >= 15 is 0 Å². The Balaban J connectivity index is 1.43. The molecule has 0 unspecified atom stereocenters. The lowest BCUT2D eigenvalue weighted by atomic mass is 10.1. The molecule has 1 N–H and O–H groups in total. The minimum Gasteiger partial charge on any atom is -0.494 e. The summed E-state index contributed by atoms with van der Waals surface area (Å²) in [4.78, 5) is 26.9. The summed E-state index contributed by atoms with van der Waals surface area (Å²) in [6.45, 7) is 4.92. The molecule has 4 rings (SSSR count). The Morgan fingerprint density at radius 1 is 1.06 bits per heavy atom. The summed E-state index contributed by atoms with van der Waals surface area (Å²) in [7, 11) is 0. The smallest absolute Gasteiger partial charge is 0.265 e. The number of carbonyl (C=O) groups excluding carboxylic acids is 2. The van der Waals surface area contributed by atoms with E-state index in [1.54, 1.807) is 29.2 Å². The Kier molecular flexibility index (Phi) is 6.40. The fraction of sp³-hybridized carbons (Fsp3) is 0.231. The molecule has 3 aromatic rings. The number of hydrogen-bond donors (Lipinski definition) is 1. The Morgan fingerprint density at radius 3 is 2.62 bits per heavy atom. The van der Waals surface area contributed by atoms with Gasteiger partial charge in [0.2, 0.25) is 0 Å². The fourth-order valence-electron chi connectivity index (χ4n) is 3.60. The molecule has 0 atom stereocenters. The van der Waals surface area contributed by atoms with Crippen molar-refractivity contribution in [1.82, 2.24) is 0 Å². The molecule has 0 saturated heterocycles. The van der Waals surface area contributed by atoms with Gasteiger partial charge in [-0.3, -0.25) is 9.59 Å². The molecule has 0 aliphatic carbocycles. The van der Waals surface area contributed by atoms with E-state index < -0.39 is 0 Å². The summed E-state index contributed by atoms with van der Waals surface area (Å²) < 4.78 is 11.4. The van der Waals surface area contributed by atoms with Crippen LogP contribution in [0.1, 0.15) is 27.9 Å². The number of carbonyl (C=O) groups is 2. The lowest BCUT2D eigenvalue weighted by Gasteiger charge is -2.30. The molecule has 6 heteroatoms. The molecule has 0 aromatic heterocycles. The molecule has 0 saturated carbocycles. The summed E-state index contributed by atoms with van der Waals surface area (Å²) in [5, 5.41) is 2.92. The number of amides is 2. The Morgan fingerprint density at radius 2 is 1.84 bits per heavy atom. The normalized spacial score (nSPS) is 12.7. The molecule has 0 radical (unpaired) electrons. The fourth-order valence-corrected chi connectivity index (χ4v) is 3.60. The van der Waals surface area contributed by atoms with Gasteiger partial charge < -0.3 is 19.7 Å². The van der Waals surface area contributed by atoms with Crippen LogP contribution >= 0.6 is 0 Å². The van der Waals surface area contributed by atoms with Gasteiger partial charge in [0.05, 0.1) is 12.3 Å². The third-order valence-electron chi connectivity index (χ3n) is 5.37. The van der Waals surface area contributed by atoms with Crippen LogP contribution in [0.2, 0.25) is 0 Å². The van der Waals surface area contributed by atoms with Crippen LogP contribution in [0.4, 0.5) is 11.4 Å². The number of ether oxygens (including phenoxy) is 2. The number of anilines is 2. The van der Waals surface area contributed by atoms with Crippen molar-refractivity contribution >= 4 is 23.2 Å². The molecule has 1 aliphatic heterocycles. The summed E-state index contributed by atoms with van der Waals surface area (Å²) in [5.74, 6) is 1.13. The lowest BCUT2D eigenvalue weighted by Crippen LogP contribution is -2.39. The van der Waals surface area contributed by atoms with E-state index in [4.69, 9.17) is 9.47 Å². The Bertz CT molecular complexity index is 1120. The van der Waals surface area contributed by atoms with Crippen LogP contribution in [0, 0.1) is 13.8 Å². The zero-order chi connectivity index (χ0) is 22.5. The molecule has 2 amide bonds. The zero-order valence-corrected chi connectivity index (χ0v) is 18.3. The quantitative estimate of drug-likeness (QED) is 0.549. The van der Waals surface area contributed by atoms with Crippen molar-refractivity contribution in [2.45, 2.75) is 20.3 Å². The molecule has 0 bridgehead atoms. The molecular weight excluding hydrogens is 404 g/mol. The van der Waals surface area contributed by atoms with Crippen molar-refractivity contribution < 1.29 is 19.1 Å². The number of aryl methyl sites for hydroxylation is 2. The van der Waals surface area contributed by atoms with Crippen LogP contribution in [0.5, 0.6) is 11.5 Å². The molecule has 1 aliphatic rings. The van der Waals surface area contributed by atoms with E-state index in [9.17, 15) is 9.59 Å². The van der Waals surface area contributed by atoms with Gasteiger partial charge >= 0.3 is 0 Å². The topological polar surface area (TPSA) is 67.9 Å². The summed E-state index contributed by atoms with van der Waals surface area (Å²) >= 11 is 0. The van der Waals surface area contributed by atoms with E-state index in [1.807, 2.05) is 56.3 Å². The third-order valence-corrected chi connectivity index (χ3v) is 5.37. The number of nitrogens with zero attached hydrogens (tertiary/aromatic N) is 1. The maximum absolute atomic E-state index is 12.7. The highest BCUT2D eigenvalue weighted by molar-refractivity contribution is 6.06. The first-order valence-corrected chi connectivity index (χ1v) is 10.6. The molecule has 0 fully saturated rings. The number of rotatable bonds is 7. The van der Waals surface area contributed by atoms with E-state index in [-0.39, 0.29) is 18.4 Å². The van der Waals surface area contributed by atoms with Crippen LogP contribution in [-0.2, 0) is 4.79 Å². The molecule has 0 spiro atoms. The second-order valence-corrected chi connectivity index (χ2v) is 7.80. The number of nitrogens with one attached hydrogen (secondary N) is 1. The van der Waals surface area contributed by atoms with Crippen molar-refractivity contribution in [3.05, 3.63) is 83.4 Å². The van der Waals surface area contributed by atoms with Crippen LogP contribution < -0.4 is 19.7 Å². The second kappa shape index (κ2) is 9.56. The minimum atomic E-state index is -0.191. The molecule has 1 heterocycles. The van der Waals surface area contributed by atoms with Crippen LogP contribution in [-0.4, -0.2) is 31.6 Å². The van der Waals surface area contributed by atoms with Crippen molar-refractivity contribution in [1.29, 1.82) is 0 Å². The Hall–Kier alpha value is -3.80. The molecular formula is C26H26N2O4. The van der Waals surface area contributed by atoms with Gasteiger partial charge in [-0.2, -0.15) is 0 Å². The average Bonchev–Trinajstić information content (AvgIpc) is 2.79. The maximum Gasteiger partial charge on any atom is 0.265 e. The maximum atomic E-state index is 12.7. The predicted molar refractivity (Wildman–Crippen MR) is 125 cm³/mol. The largest absolute Gasteiger partial charge is 0.494 e.